The highest BCUT2D eigenvalue weighted by molar-refractivity contribution is 5.87. The van der Waals surface area contributed by atoms with Gasteiger partial charge in [-0.15, -0.1) is 0 Å². The maximum atomic E-state index is 12.0. The molecule has 17 heavy (non-hydrogen) atoms. The maximum Gasteiger partial charge on any atom is 0.240 e. The van der Waals surface area contributed by atoms with Crippen LogP contribution in [0.3, 0.4) is 0 Å². The minimum absolute atomic E-state index is 0.0431. The van der Waals surface area contributed by atoms with Crippen molar-refractivity contribution < 1.29 is 4.79 Å². The summed E-state index contributed by atoms with van der Waals surface area (Å²) in [4.78, 5) is 12.0. The second kappa shape index (κ2) is 3.84. The standard InChI is InChI=1S/C14H18N2O/c15-14(6-3-7-14)13(17)16-12-8-10-4-1-2-5-11(10)9-12/h1-2,4-5,12H,3,6-9,15H2,(H,16,17). The van der Waals surface area contributed by atoms with Crippen LogP contribution in [0.2, 0.25) is 0 Å². The van der Waals surface area contributed by atoms with Gasteiger partial charge in [0.2, 0.25) is 5.91 Å². The van der Waals surface area contributed by atoms with E-state index in [4.69, 9.17) is 5.73 Å². The number of hydrogen-bond donors (Lipinski definition) is 2. The van der Waals surface area contributed by atoms with Crippen LogP contribution in [0.5, 0.6) is 0 Å². The van der Waals surface area contributed by atoms with E-state index in [1.807, 2.05) is 0 Å². The Hall–Kier alpha value is -1.35. The van der Waals surface area contributed by atoms with E-state index in [0.717, 1.165) is 32.1 Å². The lowest BCUT2D eigenvalue weighted by Crippen LogP contribution is -2.60. The molecule has 1 saturated carbocycles. The number of nitrogens with two attached hydrogens (primary N) is 1. The van der Waals surface area contributed by atoms with E-state index in [2.05, 4.69) is 29.6 Å². The lowest BCUT2D eigenvalue weighted by Gasteiger charge is -2.37. The van der Waals surface area contributed by atoms with Crippen LogP contribution in [0.4, 0.5) is 0 Å². The van der Waals surface area contributed by atoms with Gasteiger partial charge in [-0.05, 0) is 43.2 Å². The van der Waals surface area contributed by atoms with Gasteiger partial charge in [-0.3, -0.25) is 4.79 Å². The maximum absolute atomic E-state index is 12.0. The number of fused-ring (bicyclic) bond motifs is 1. The molecule has 0 saturated heterocycles. The Morgan fingerprint density at radius 3 is 2.29 bits per heavy atom. The SMILES string of the molecule is NC1(C(=O)NC2Cc3ccccc3C2)CCC1. The largest absolute Gasteiger partial charge is 0.351 e. The Morgan fingerprint density at radius 2 is 1.82 bits per heavy atom. The van der Waals surface area contributed by atoms with Crippen LogP contribution in [-0.4, -0.2) is 17.5 Å². The topological polar surface area (TPSA) is 55.1 Å². The number of amides is 1. The Kier molecular flexibility index (Phi) is 2.44. The van der Waals surface area contributed by atoms with Gasteiger partial charge < -0.3 is 11.1 Å². The van der Waals surface area contributed by atoms with Crippen molar-refractivity contribution in [3.63, 3.8) is 0 Å². The van der Waals surface area contributed by atoms with Gasteiger partial charge in [-0.2, -0.15) is 0 Å². The van der Waals surface area contributed by atoms with E-state index in [1.54, 1.807) is 0 Å². The zero-order valence-corrected chi connectivity index (χ0v) is 9.91. The summed E-state index contributed by atoms with van der Waals surface area (Å²) in [6.07, 6.45) is 4.63. The molecule has 0 bridgehead atoms. The van der Waals surface area contributed by atoms with Crippen LogP contribution in [0.15, 0.2) is 24.3 Å². The van der Waals surface area contributed by atoms with Crippen LogP contribution in [0.1, 0.15) is 30.4 Å². The normalized spacial score (nSPS) is 21.7. The van der Waals surface area contributed by atoms with Crippen molar-refractivity contribution in [3.05, 3.63) is 35.4 Å². The first-order valence-electron chi connectivity index (χ1n) is 6.34. The summed E-state index contributed by atoms with van der Waals surface area (Å²) in [5, 5.41) is 3.10. The number of carbonyl (C=O) groups is 1. The summed E-state index contributed by atoms with van der Waals surface area (Å²) < 4.78 is 0. The molecule has 1 aromatic rings. The molecule has 0 heterocycles. The molecule has 0 radical (unpaired) electrons. The van der Waals surface area contributed by atoms with E-state index in [1.165, 1.54) is 11.1 Å². The molecule has 0 atom stereocenters. The summed E-state index contributed by atoms with van der Waals surface area (Å²) in [6, 6.07) is 8.63. The van der Waals surface area contributed by atoms with Gasteiger partial charge in [0.05, 0.1) is 5.54 Å². The molecule has 90 valence electrons. The minimum Gasteiger partial charge on any atom is -0.351 e. The molecule has 2 aliphatic carbocycles. The summed E-state index contributed by atoms with van der Waals surface area (Å²) in [6.45, 7) is 0. The molecule has 1 amide bonds. The number of nitrogens with one attached hydrogen (secondary N) is 1. The van der Waals surface area contributed by atoms with Gasteiger partial charge in [0.25, 0.3) is 0 Å². The molecule has 3 nitrogen and oxygen atoms in total. The first-order valence-corrected chi connectivity index (χ1v) is 6.34. The van der Waals surface area contributed by atoms with Crippen molar-refractivity contribution in [3.8, 4) is 0 Å². The van der Waals surface area contributed by atoms with Crippen molar-refractivity contribution in [1.82, 2.24) is 5.32 Å². The molecular formula is C14H18N2O. The first kappa shape index (κ1) is 10.8. The Morgan fingerprint density at radius 1 is 1.24 bits per heavy atom. The van der Waals surface area contributed by atoms with Crippen molar-refractivity contribution in [2.45, 2.75) is 43.7 Å². The van der Waals surface area contributed by atoms with Gasteiger partial charge in [0.1, 0.15) is 0 Å². The van der Waals surface area contributed by atoms with Crippen molar-refractivity contribution in [2.75, 3.05) is 0 Å². The van der Waals surface area contributed by atoms with Crippen molar-refractivity contribution in [1.29, 1.82) is 0 Å². The van der Waals surface area contributed by atoms with Gasteiger partial charge in [0.15, 0.2) is 0 Å². The second-order valence-electron chi connectivity index (χ2n) is 5.36. The smallest absolute Gasteiger partial charge is 0.240 e. The van der Waals surface area contributed by atoms with Gasteiger partial charge >= 0.3 is 0 Å². The molecule has 1 aromatic carbocycles. The van der Waals surface area contributed by atoms with E-state index >= 15 is 0 Å². The van der Waals surface area contributed by atoms with Crippen molar-refractivity contribution >= 4 is 5.91 Å². The molecule has 2 aliphatic rings. The molecule has 3 N–H and O–H groups in total. The van der Waals surface area contributed by atoms with Crippen LogP contribution >= 0.6 is 0 Å². The van der Waals surface area contributed by atoms with Crippen LogP contribution in [-0.2, 0) is 17.6 Å². The predicted molar refractivity (Wildman–Crippen MR) is 66.6 cm³/mol. The fourth-order valence-electron chi connectivity index (χ4n) is 2.77. The zero-order chi connectivity index (χ0) is 11.9. The van der Waals surface area contributed by atoms with E-state index in [-0.39, 0.29) is 11.9 Å². The first-order chi connectivity index (χ1) is 8.17. The van der Waals surface area contributed by atoms with Gasteiger partial charge in [0, 0.05) is 6.04 Å². The highest BCUT2D eigenvalue weighted by Gasteiger charge is 2.41. The molecule has 1 fully saturated rings. The molecule has 3 rings (SSSR count). The van der Waals surface area contributed by atoms with Crippen LogP contribution in [0.25, 0.3) is 0 Å². The summed E-state index contributed by atoms with van der Waals surface area (Å²) in [7, 11) is 0. The van der Waals surface area contributed by atoms with Crippen LogP contribution in [0, 0.1) is 0 Å². The van der Waals surface area contributed by atoms with E-state index < -0.39 is 5.54 Å². The number of carbonyl (C=O) groups excluding carboxylic acids is 1. The van der Waals surface area contributed by atoms with E-state index in [0.29, 0.717) is 0 Å². The molecule has 3 heteroatoms. The quantitative estimate of drug-likeness (QED) is 0.801. The fourth-order valence-corrected chi connectivity index (χ4v) is 2.77. The van der Waals surface area contributed by atoms with Crippen LogP contribution < -0.4 is 11.1 Å². The summed E-state index contributed by atoms with van der Waals surface area (Å²) in [5.41, 5.74) is 8.16. The second-order valence-corrected chi connectivity index (χ2v) is 5.36. The minimum atomic E-state index is -0.575. The zero-order valence-electron chi connectivity index (χ0n) is 9.91. The molecule has 0 unspecified atom stereocenters. The molecule has 0 aromatic heterocycles. The lowest BCUT2D eigenvalue weighted by atomic mass is 9.77. The Labute approximate surface area is 101 Å². The molecule has 0 spiro atoms. The third-order valence-electron chi connectivity index (χ3n) is 4.08. The Balaban J connectivity index is 1.64. The number of hydrogen-bond acceptors (Lipinski definition) is 2. The van der Waals surface area contributed by atoms with Gasteiger partial charge in [-0.1, -0.05) is 24.3 Å². The molecular weight excluding hydrogens is 212 g/mol. The predicted octanol–water partition coefficient (Wildman–Crippen LogP) is 1.15. The number of benzene rings is 1. The summed E-state index contributed by atoms with van der Waals surface area (Å²) >= 11 is 0. The monoisotopic (exact) mass is 230 g/mol. The average molecular weight is 230 g/mol. The third-order valence-corrected chi connectivity index (χ3v) is 4.08. The van der Waals surface area contributed by atoms with Crippen molar-refractivity contribution in [2.24, 2.45) is 5.73 Å². The summed E-state index contributed by atoms with van der Waals surface area (Å²) in [5.74, 6) is 0.0431. The lowest BCUT2D eigenvalue weighted by molar-refractivity contribution is -0.129. The van der Waals surface area contributed by atoms with Gasteiger partial charge in [-0.25, -0.2) is 0 Å². The third kappa shape index (κ3) is 1.84. The van der Waals surface area contributed by atoms with E-state index in [9.17, 15) is 4.79 Å². The fraction of sp³-hybridized carbons (Fsp3) is 0.500. The molecule has 0 aliphatic heterocycles. The highest BCUT2D eigenvalue weighted by Crippen LogP contribution is 2.30. The average Bonchev–Trinajstić information content (AvgIpc) is 2.67. The Bertz CT molecular complexity index is 426. The number of rotatable bonds is 2. The highest BCUT2D eigenvalue weighted by atomic mass is 16.2.